The Hall–Kier alpha value is -1.83. The van der Waals surface area contributed by atoms with Crippen molar-refractivity contribution in [2.75, 3.05) is 33.0 Å². The monoisotopic (exact) mass is 414 g/mol. The van der Waals surface area contributed by atoms with Gasteiger partial charge < -0.3 is 14.4 Å². The smallest absolute Gasteiger partial charge is 0.231 e. The van der Waals surface area contributed by atoms with Gasteiger partial charge in [-0.3, -0.25) is 9.69 Å². The Bertz CT molecular complexity index is 752. The van der Waals surface area contributed by atoms with Crippen LogP contribution >= 0.6 is 0 Å². The minimum atomic E-state index is 0.247. The van der Waals surface area contributed by atoms with Gasteiger partial charge in [-0.25, -0.2) is 10.9 Å². The average molecular weight is 415 g/mol. The summed E-state index contributed by atoms with van der Waals surface area (Å²) in [4.78, 5) is 17.4. The molecule has 1 aromatic rings. The van der Waals surface area contributed by atoms with Crippen LogP contribution in [0.5, 0.6) is 11.5 Å². The van der Waals surface area contributed by atoms with E-state index in [1.165, 1.54) is 37.7 Å². The highest BCUT2D eigenvalue weighted by molar-refractivity contribution is 5.76. The third kappa shape index (κ3) is 4.43. The summed E-state index contributed by atoms with van der Waals surface area (Å²) in [6, 6.07) is 6.44. The lowest BCUT2D eigenvalue weighted by Crippen LogP contribution is -2.46. The third-order valence-corrected chi connectivity index (χ3v) is 7.19. The van der Waals surface area contributed by atoms with Crippen molar-refractivity contribution in [3.05, 3.63) is 23.8 Å². The van der Waals surface area contributed by atoms with Crippen molar-refractivity contribution >= 4 is 5.91 Å². The van der Waals surface area contributed by atoms with Crippen LogP contribution in [0.2, 0.25) is 0 Å². The van der Waals surface area contributed by atoms with E-state index in [0.29, 0.717) is 18.6 Å². The number of nitrogens with zero attached hydrogens (tertiary/aromatic N) is 2. The maximum absolute atomic E-state index is 12.8. The van der Waals surface area contributed by atoms with Crippen molar-refractivity contribution in [1.82, 2.24) is 20.7 Å². The van der Waals surface area contributed by atoms with E-state index in [1.54, 1.807) is 0 Å². The van der Waals surface area contributed by atoms with Gasteiger partial charge in [0.2, 0.25) is 12.7 Å². The molecule has 2 N–H and O–H groups in total. The number of hydrogen-bond acceptors (Lipinski definition) is 6. The number of amides is 1. The molecule has 7 heteroatoms. The van der Waals surface area contributed by atoms with Gasteiger partial charge in [-0.15, -0.1) is 0 Å². The van der Waals surface area contributed by atoms with Gasteiger partial charge in [0.1, 0.15) is 0 Å². The lowest BCUT2D eigenvalue weighted by atomic mass is 9.86. The lowest BCUT2D eigenvalue weighted by molar-refractivity contribution is -0.132. The second kappa shape index (κ2) is 9.12. The molecule has 1 aromatic carbocycles. The van der Waals surface area contributed by atoms with Crippen LogP contribution in [-0.4, -0.2) is 54.8 Å². The van der Waals surface area contributed by atoms with E-state index in [9.17, 15) is 4.79 Å². The van der Waals surface area contributed by atoms with Gasteiger partial charge in [-0.1, -0.05) is 25.3 Å². The van der Waals surface area contributed by atoms with Crippen molar-refractivity contribution in [2.24, 2.45) is 5.92 Å². The number of benzene rings is 1. The highest BCUT2D eigenvalue weighted by Crippen LogP contribution is 2.36. The number of rotatable bonds is 4. The average Bonchev–Trinajstić information content (AvgIpc) is 3.38. The van der Waals surface area contributed by atoms with Crippen LogP contribution in [0.1, 0.15) is 63.0 Å². The maximum Gasteiger partial charge on any atom is 0.231 e. The minimum absolute atomic E-state index is 0.247. The van der Waals surface area contributed by atoms with E-state index in [0.717, 1.165) is 56.9 Å². The number of hydrogen-bond donors (Lipinski definition) is 2. The summed E-state index contributed by atoms with van der Waals surface area (Å²) in [5.41, 5.74) is 8.15. The first kappa shape index (κ1) is 20.1. The third-order valence-electron chi connectivity index (χ3n) is 7.19. The minimum Gasteiger partial charge on any atom is -0.454 e. The van der Waals surface area contributed by atoms with E-state index in [2.05, 4.69) is 32.8 Å². The number of hydrazine groups is 1. The first-order valence-electron chi connectivity index (χ1n) is 11.7. The number of ether oxygens (including phenoxy) is 2. The lowest BCUT2D eigenvalue weighted by Gasteiger charge is -2.28. The van der Waals surface area contributed by atoms with Gasteiger partial charge >= 0.3 is 0 Å². The van der Waals surface area contributed by atoms with Crippen LogP contribution < -0.4 is 20.3 Å². The van der Waals surface area contributed by atoms with Gasteiger partial charge in [-0.2, -0.15) is 0 Å². The molecular formula is C23H34N4O3. The van der Waals surface area contributed by atoms with Crippen molar-refractivity contribution in [3.63, 3.8) is 0 Å². The van der Waals surface area contributed by atoms with Crippen LogP contribution in [0, 0.1) is 5.92 Å². The molecule has 2 unspecified atom stereocenters. The summed E-state index contributed by atoms with van der Waals surface area (Å²) >= 11 is 0. The zero-order chi connectivity index (χ0) is 20.3. The SMILES string of the molecule is O=C(CC1CCCCC1)N1CCCN(C2CC(c3ccc4c(c3)OCO4)NN2)CC1. The van der Waals surface area contributed by atoms with Crippen molar-refractivity contribution in [2.45, 2.75) is 63.6 Å². The normalized spacial score (nSPS) is 27.9. The van der Waals surface area contributed by atoms with Crippen LogP contribution in [0.3, 0.4) is 0 Å². The highest BCUT2D eigenvalue weighted by Gasteiger charge is 2.32. The zero-order valence-electron chi connectivity index (χ0n) is 17.8. The molecule has 164 valence electrons. The fourth-order valence-corrected chi connectivity index (χ4v) is 5.39. The zero-order valence-corrected chi connectivity index (χ0v) is 17.8. The predicted molar refractivity (Wildman–Crippen MR) is 114 cm³/mol. The first-order valence-corrected chi connectivity index (χ1v) is 11.7. The molecule has 0 spiro atoms. The van der Waals surface area contributed by atoms with Crippen LogP contribution in [0.15, 0.2) is 18.2 Å². The molecule has 0 bridgehead atoms. The number of carbonyl (C=O) groups excluding carboxylic acids is 1. The summed E-state index contributed by atoms with van der Waals surface area (Å²) < 4.78 is 11.0. The molecule has 2 saturated heterocycles. The summed E-state index contributed by atoms with van der Waals surface area (Å²) in [6.07, 6.45) is 9.52. The molecule has 0 radical (unpaired) electrons. The van der Waals surface area contributed by atoms with Crippen molar-refractivity contribution < 1.29 is 14.3 Å². The second-order valence-corrected chi connectivity index (χ2v) is 9.18. The topological polar surface area (TPSA) is 66.1 Å². The Morgan fingerprint density at radius 2 is 1.83 bits per heavy atom. The molecule has 3 fully saturated rings. The number of carbonyl (C=O) groups is 1. The second-order valence-electron chi connectivity index (χ2n) is 9.18. The van der Waals surface area contributed by atoms with Crippen LogP contribution in [0.4, 0.5) is 0 Å². The largest absolute Gasteiger partial charge is 0.454 e. The molecule has 7 nitrogen and oxygen atoms in total. The molecule has 30 heavy (non-hydrogen) atoms. The fourth-order valence-electron chi connectivity index (χ4n) is 5.39. The summed E-state index contributed by atoms with van der Waals surface area (Å²) in [5.74, 6) is 2.65. The summed E-state index contributed by atoms with van der Waals surface area (Å²) in [7, 11) is 0. The molecule has 1 saturated carbocycles. The Kier molecular flexibility index (Phi) is 6.11. The molecule has 3 heterocycles. The van der Waals surface area contributed by atoms with E-state index in [4.69, 9.17) is 9.47 Å². The quantitative estimate of drug-likeness (QED) is 0.790. The molecule has 1 aliphatic carbocycles. The van der Waals surface area contributed by atoms with E-state index in [-0.39, 0.29) is 12.2 Å². The molecule has 1 amide bonds. The van der Waals surface area contributed by atoms with Gasteiger partial charge in [0.25, 0.3) is 0 Å². The molecule has 0 aromatic heterocycles. The maximum atomic E-state index is 12.8. The highest BCUT2D eigenvalue weighted by atomic mass is 16.7. The van der Waals surface area contributed by atoms with E-state index in [1.807, 2.05) is 6.07 Å². The molecule has 4 aliphatic rings. The fraction of sp³-hybridized carbons (Fsp3) is 0.696. The van der Waals surface area contributed by atoms with Crippen LogP contribution in [0.25, 0.3) is 0 Å². The first-order chi connectivity index (χ1) is 14.8. The molecular weight excluding hydrogens is 380 g/mol. The van der Waals surface area contributed by atoms with E-state index < -0.39 is 0 Å². The Labute approximate surface area is 179 Å². The van der Waals surface area contributed by atoms with Gasteiger partial charge in [-0.05, 0) is 49.3 Å². The molecule has 3 aliphatic heterocycles. The number of fused-ring (bicyclic) bond motifs is 1. The predicted octanol–water partition coefficient (Wildman–Crippen LogP) is 2.79. The summed E-state index contributed by atoms with van der Waals surface area (Å²) in [5, 5.41) is 0. The van der Waals surface area contributed by atoms with Gasteiger partial charge in [0.05, 0.1) is 6.17 Å². The van der Waals surface area contributed by atoms with Crippen molar-refractivity contribution in [3.8, 4) is 11.5 Å². The standard InChI is InChI=1S/C23H34N4O3/c28-23(13-17-5-2-1-3-6-17)27-10-4-9-26(11-12-27)22-15-19(24-25-22)18-7-8-20-21(14-18)30-16-29-20/h7-8,14,17,19,22,24-25H,1-6,9-13,15-16H2. The van der Waals surface area contributed by atoms with Crippen LogP contribution in [-0.2, 0) is 4.79 Å². The van der Waals surface area contributed by atoms with E-state index >= 15 is 0 Å². The Morgan fingerprint density at radius 3 is 2.73 bits per heavy atom. The summed E-state index contributed by atoms with van der Waals surface area (Å²) in [6.45, 7) is 4.01. The van der Waals surface area contributed by atoms with Crippen molar-refractivity contribution in [1.29, 1.82) is 0 Å². The van der Waals surface area contributed by atoms with Gasteiger partial charge in [0.15, 0.2) is 11.5 Å². The Balaban J connectivity index is 1.13. The molecule has 2 atom stereocenters. The Morgan fingerprint density at radius 1 is 0.967 bits per heavy atom. The van der Waals surface area contributed by atoms with Gasteiger partial charge in [0, 0.05) is 38.6 Å². The molecule has 5 rings (SSSR count). The number of nitrogens with one attached hydrogen (secondary N) is 2.